The summed E-state index contributed by atoms with van der Waals surface area (Å²) in [4.78, 5) is 16.8. The van der Waals surface area contributed by atoms with Crippen LogP contribution < -0.4 is 10.0 Å². The minimum atomic E-state index is -4.70. The summed E-state index contributed by atoms with van der Waals surface area (Å²) in [7, 11) is -2.25. The molecule has 0 spiro atoms. The Kier molecular flexibility index (Phi) is 6.67. The second kappa shape index (κ2) is 9.78. The van der Waals surface area contributed by atoms with Gasteiger partial charge in [-0.1, -0.05) is 30.3 Å². The zero-order chi connectivity index (χ0) is 27.5. The molecule has 6 rings (SSSR count). The number of alkyl halides is 3. The molecule has 4 aliphatic rings. The van der Waals surface area contributed by atoms with Crippen molar-refractivity contribution >= 4 is 21.6 Å². The molecule has 2 unspecified atom stereocenters. The van der Waals surface area contributed by atoms with Gasteiger partial charge in [0.2, 0.25) is 15.9 Å². The number of nitrogens with zero attached hydrogens (tertiary/aromatic N) is 2. The maximum atomic E-state index is 13.7. The number of hydrogen-bond acceptors (Lipinski definition) is 5. The van der Waals surface area contributed by atoms with Gasteiger partial charge in [0.05, 0.1) is 23.3 Å². The van der Waals surface area contributed by atoms with Crippen LogP contribution in [-0.4, -0.2) is 61.4 Å². The maximum absolute atomic E-state index is 13.7. The fourth-order valence-electron chi connectivity index (χ4n) is 6.74. The second-order valence-electron chi connectivity index (χ2n) is 11.4. The van der Waals surface area contributed by atoms with Gasteiger partial charge in [-0.25, -0.2) is 13.1 Å². The molecular formula is C28H33F3N4O3S. The van der Waals surface area contributed by atoms with Crippen molar-refractivity contribution in [2.45, 2.75) is 92.3 Å². The van der Waals surface area contributed by atoms with E-state index in [4.69, 9.17) is 0 Å². The molecule has 7 nitrogen and oxygen atoms in total. The van der Waals surface area contributed by atoms with E-state index in [1.54, 1.807) is 0 Å². The summed E-state index contributed by atoms with van der Waals surface area (Å²) in [6, 6.07) is 11.8. The van der Waals surface area contributed by atoms with Gasteiger partial charge < -0.3 is 15.1 Å². The lowest BCUT2D eigenvalue weighted by Gasteiger charge is -2.36. The highest BCUT2D eigenvalue weighted by Gasteiger charge is 2.48. The molecule has 4 atom stereocenters. The molecule has 210 valence electrons. The summed E-state index contributed by atoms with van der Waals surface area (Å²) < 4.78 is 71.2. The summed E-state index contributed by atoms with van der Waals surface area (Å²) in [6.07, 6.45) is 0.466. The van der Waals surface area contributed by atoms with Crippen LogP contribution in [-0.2, 0) is 21.0 Å². The highest BCUT2D eigenvalue weighted by molar-refractivity contribution is 7.89. The summed E-state index contributed by atoms with van der Waals surface area (Å²) >= 11 is 0. The van der Waals surface area contributed by atoms with Gasteiger partial charge in [0.1, 0.15) is 4.90 Å². The van der Waals surface area contributed by atoms with Gasteiger partial charge in [-0.05, 0) is 69.3 Å². The minimum absolute atomic E-state index is 0.0416. The number of halogens is 3. The van der Waals surface area contributed by atoms with Gasteiger partial charge in [0.15, 0.2) is 0 Å². The maximum Gasteiger partial charge on any atom is 0.416 e. The number of hydrogen-bond donors (Lipinski definition) is 2. The summed E-state index contributed by atoms with van der Waals surface area (Å²) in [5, 5.41) is 3.20. The number of piperidine rings is 1. The number of nitrogens with one attached hydrogen (secondary N) is 2. The summed E-state index contributed by atoms with van der Waals surface area (Å²) in [5.41, 5.74) is -0.0506. The van der Waals surface area contributed by atoms with E-state index in [0.717, 1.165) is 37.3 Å². The number of fused-ring (bicyclic) bond motifs is 2. The van der Waals surface area contributed by atoms with Gasteiger partial charge >= 0.3 is 6.18 Å². The highest BCUT2D eigenvalue weighted by atomic mass is 32.2. The number of amides is 1. The molecule has 2 aromatic rings. The van der Waals surface area contributed by atoms with Crippen molar-refractivity contribution in [1.82, 2.24) is 14.5 Å². The first-order chi connectivity index (χ1) is 18.5. The van der Waals surface area contributed by atoms with Crippen molar-refractivity contribution in [3.63, 3.8) is 0 Å². The molecule has 2 N–H and O–H groups in total. The molecule has 3 saturated heterocycles. The predicted molar refractivity (Wildman–Crippen MR) is 140 cm³/mol. The van der Waals surface area contributed by atoms with Gasteiger partial charge in [0.25, 0.3) is 0 Å². The number of carbonyl (C=O) groups excluding carboxylic acids is 1. The third kappa shape index (κ3) is 5.16. The van der Waals surface area contributed by atoms with Crippen LogP contribution in [0.2, 0.25) is 0 Å². The largest absolute Gasteiger partial charge is 0.416 e. The van der Waals surface area contributed by atoms with Crippen LogP contribution in [0.25, 0.3) is 0 Å². The van der Waals surface area contributed by atoms with E-state index in [0.29, 0.717) is 18.9 Å². The summed E-state index contributed by atoms with van der Waals surface area (Å²) in [6.45, 7) is 0. The first kappa shape index (κ1) is 26.6. The standard InChI is InChI=1S/C28H33F3N4O3S/c1-34-21-10-11-22(34)15-19(14-21)33-39(37,38)25-13-18(28(29,30)31)7-12-23(25)32-24-16-26(36)35(20-8-9-20)27(24)17-5-3-2-4-6-17/h2-7,12-13,19-22,24,27,32-33H,8-11,14-16H2,1H3/t19?,21?,22?,24-,27+/m1/s1. The average Bonchev–Trinajstić information content (AvgIpc) is 3.63. The van der Waals surface area contributed by atoms with Gasteiger partial charge in [-0.2, -0.15) is 13.2 Å². The molecule has 39 heavy (non-hydrogen) atoms. The number of benzene rings is 2. The molecule has 4 fully saturated rings. The second-order valence-corrected chi connectivity index (χ2v) is 13.1. The van der Waals surface area contributed by atoms with Gasteiger partial charge in [-0.15, -0.1) is 0 Å². The van der Waals surface area contributed by atoms with Crippen LogP contribution in [0.3, 0.4) is 0 Å². The van der Waals surface area contributed by atoms with E-state index in [1.807, 2.05) is 42.3 Å². The topological polar surface area (TPSA) is 81.8 Å². The molecule has 1 amide bonds. The van der Waals surface area contributed by atoms with E-state index < -0.39 is 32.7 Å². The Morgan fingerprint density at radius 1 is 0.923 bits per heavy atom. The minimum Gasteiger partial charge on any atom is -0.378 e. The first-order valence-corrected chi connectivity index (χ1v) is 15.1. The molecule has 0 aromatic heterocycles. The van der Waals surface area contributed by atoms with Crippen molar-refractivity contribution in [3.05, 3.63) is 59.7 Å². The van der Waals surface area contributed by atoms with Crippen molar-refractivity contribution < 1.29 is 26.4 Å². The predicted octanol–water partition coefficient (Wildman–Crippen LogP) is 4.53. The van der Waals surface area contributed by atoms with E-state index in [9.17, 15) is 26.4 Å². The van der Waals surface area contributed by atoms with E-state index >= 15 is 0 Å². The molecule has 3 aliphatic heterocycles. The molecule has 0 radical (unpaired) electrons. The Morgan fingerprint density at radius 2 is 1.56 bits per heavy atom. The molecule has 2 aromatic carbocycles. The van der Waals surface area contributed by atoms with Crippen molar-refractivity contribution in [1.29, 1.82) is 0 Å². The van der Waals surface area contributed by atoms with Crippen LogP contribution in [0.1, 0.15) is 62.1 Å². The number of sulfonamides is 1. The Bertz CT molecular complexity index is 1340. The molecular weight excluding hydrogens is 529 g/mol. The smallest absolute Gasteiger partial charge is 0.378 e. The van der Waals surface area contributed by atoms with Crippen molar-refractivity contribution in [2.24, 2.45) is 0 Å². The van der Waals surface area contributed by atoms with Crippen LogP contribution >= 0.6 is 0 Å². The molecule has 11 heteroatoms. The van der Waals surface area contributed by atoms with Gasteiger partial charge in [-0.3, -0.25) is 4.79 Å². The lowest BCUT2D eigenvalue weighted by Crippen LogP contribution is -2.48. The number of likely N-dealkylation sites (tertiary alicyclic amines) is 1. The van der Waals surface area contributed by atoms with Crippen LogP contribution in [0.5, 0.6) is 0 Å². The molecule has 1 aliphatic carbocycles. The first-order valence-electron chi connectivity index (χ1n) is 13.6. The van der Waals surface area contributed by atoms with Gasteiger partial charge in [0, 0.05) is 30.6 Å². The van der Waals surface area contributed by atoms with E-state index in [2.05, 4.69) is 14.9 Å². The quantitative estimate of drug-likeness (QED) is 0.519. The number of carbonyl (C=O) groups is 1. The SMILES string of the molecule is CN1C2CCC1CC(NS(=O)(=O)c1cc(C(F)(F)F)ccc1N[C@@H]1CC(=O)N(C3CC3)[C@H]1c1ccccc1)C2. The Morgan fingerprint density at radius 3 is 2.18 bits per heavy atom. The third-order valence-electron chi connectivity index (χ3n) is 8.80. The fraction of sp³-hybridized carbons (Fsp3) is 0.536. The Balaban J connectivity index is 1.33. The lowest BCUT2D eigenvalue weighted by atomic mass is 9.99. The van der Waals surface area contributed by atoms with Crippen LogP contribution in [0, 0.1) is 0 Å². The Labute approximate surface area is 226 Å². The molecule has 1 saturated carbocycles. The Hall–Kier alpha value is -2.63. The van der Waals surface area contributed by atoms with Crippen molar-refractivity contribution in [3.8, 4) is 0 Å². The number of rotatable bonds is 7. The van der Waals surface area contributed by atoms with Crippen molar-refractivity contribution in [2.75, 3.05) is 12.4 Å². The van der Waals surface area contributed by atoms with Crippen LogP contribution in [0.4, 0.5) is 18.9 Å². The average molecular weight is 563 g/mol. The van der Waals surface area contributed by atoms with E-state index in [1.165, 1.54) is 6.07 Å². The third-order valence-corrected chi connectivity index (χ3v) is 10.4. The normalized spacial score (nSPS) is 29.7. The monoisotopic (exact) mass is 562 g/mol. The molecule has 2 bridgehead atoms. The zero-order valence-corrected chi connectivity index (χ0v) is 22.5. The molecule has 3 heterocycles. The lowest BCUT2D eigenvalue weighted by molar-refractivity contribution is -0.137. The highest BCUT2D eigenvalue weighted by Crippen LogP contribution is 2.44. The van der Waals surface area contributed by atoms with E-state index in [-0.39, 0.29) is 48.2 Å². The van der Waals surface area contributed by atoms with Crippen LogP contribution in [0.15, 0.2) is 53.4 Å². The number of anilines is 1. The fourth-order valence-corrected chi connectivity index (χ4v) is 8.20. The zero-order valence-electron chi connectivity index (χ0n) is 21.7. The summed E-state index contributed by atoms with van der Waals surface area (Å²) in [5.74, 6) is -0.0416.